The van der Waals surface area contributed by atoms with Crippen LogP contribution < -0.4 is 0 Å². The number of ether oxygens (including phenoxy) is 2. The Balaban J connectivity index is 1.94. The van der Waals surface area contributed by atoms with E-state index in [9.17, 15) is 14.8 Å². The monoisotopic (exact) mass is 456 g/mol. The first kappa shape index (κ1) is 27.0. The van der Waals surface area contributed by atoms with Crippen LogP contribution in [0.5, 0.6) is 0 Å². The van der Waals surface area contributed by atoms with Gasteiger partial charge in [0, 0.05) is 35.0 Å². The Labute approximate surface area is 193 Å². The van der Waals surface area contributed by atoms with Crippen molar-refractivity contribution in [3.8, 4) is 0 Å². The van der Waals surface area contributed by atoms with Crippen LogP contribution in [-0.2, 0) is 23.9 Å². The van der Waals surface area contributed by atoms with Crippen LogP contribution in [0, 0.1) is 0 Å². The minimum atomic E-state index is -0.577. The van der Waals surface area contributed by atoms with Crippen LogP contribution in [0.2, 0.25) is 0 Å². The molecule has 0 spiro atoms. The number of nitrogens with zero attached hydrogens (tertiary/aromatic N) is 2. The summed E-state index contributed by atoms with van der Waals surface area (Å²) in [5.41, 5.74) is -1.48. The molecule has 0 bridgehead atoms. The third-order valence-electron chi connectivity index (χ3n) is 6.92. The number of hydrogen-bond acceptors (Lipinski definition) is 8. The van der Waals surface area contributed by atoms with Crippen molar-refractivity contribution < 1.29 is 29.1 Å². The smallest absolute Gasteiger partial charge is 0.317 e. The largest absolute Gasteiger partial charge is 0.462 e. The van der Waals surface area contributed by atoms with Crippen LogP contribution >= 0.6 is 0 Å². The Bertz CT molecular complexity index is 688. The van der Waals surface area contributed by atoms with Crippen molar-refractivity contribution in [1.29, 1.82) is 0 Å². The van der Waals surface area contributed by atoms with Gasteiger partial charge in [0.15, 0.2) is 0 Å². The molecule has 2 aliphatic rings. The van der Waals surface area contributed by atoms with E-state index in [1.165, 1.54) is 5.06 Å². The molecule has 2 atom stereocenters. The van der Waals surface area contributed by atoms with Crippen LogP contribution in [0.1, 0.15) is 100 Å². The molecule has 0 aromatic carbocycles. The van der Waals surface area contributed by atoms with E-state index in [1.54, 1.807) is 7.11 Å². The van der Waals surface area contributed by atoms with Gasteiger partial charge in [-0.05, 0) is 81.1 Å². The molecule has 1 N–H and O–H groups in total. The predicted molar refractivity (Wildman–Crippen MR) is 121 cm³/mol. The Kier molecular flexibility index (Phi) is 8.08. The topological polar surface area (TPSA) is 88.5 Å². The van der Waals surface area contributed by atoms with E-state index in [2.05, 4.69) is 27.7 Å². The highest BCUT2D eigenvalue weighted by Crippen LogP contribution is 2.38. The fourth-order valence-electron chi connectivity index (χ4n) is 5.63. The van der Waals surface area contributed by atoms with Crippen molar-refractivity contribution in [2.75, 3.05) is 7.11 Å². The highest BCUT2D eigenvalue weighted by atomic mass is 16.7. The molecule has 2 heterocycles. The average Bonchev–Trinajstić information content (AvgIpc) is 2.75. The molecule has 0 aromatic heterocycles. The molecular weight excluding hydrogens is 412 g/mol. The van der Waals surface area contributed by atoms with E-state index in [-0.39, 0.29) is 23.3 Å². The quantitative estimate of drug-likeness (QED) is 0.485. The van der Waals surface area contributed by atoms with Crippen molar-refractivity contribution in [3.05, 3.63) is 0 Å². The molecular formula is C24H44N2O6. The maximum atomic E-state index is 12.5. The SMILES string of the molecule is CON1C(C)(C)CCC(OC(=O)CC(=O)OC2CCC(C)(C)N(O)C(C)(C)C2)CC1(C)C. The molecule has 0 aromatic rings. The second kappa shape index (κ2) is 9.57. The number of rotatable bonds is 5. The summed E-state index contributed by atoms with van der Waals surface area (Å²) in [6, 6.07) is 0. The zero-order valence-electron chi connectivity index (χ0n) is 21.5. The van der Waals surface area contributed by atoms with E-state index in [4.69, 9.17) is 14.3 Å². The maximum Gasteiger partial charge on any atom is 0.317 e. The third-order valence-corrected chi connectivity index (χ3v) is 6.92. The lowest BCUT2D eigenvalue weighted by Crippen LogP contribution is -2.53. The van der Waals surface area contributed by atoms with Gasteiger partial charge in [0.05, 0.1) is 7.11 Å². The average molecular weight is 457 g/mol. The molecule has 8 heteroatoms. The zero-order chi connectivity index (χ0) is 24.5. The summed E-state index contributed by atoms with van der Waals surface area (Å²) < 4.78 is 11.3. The molecule has 2 fully saturated rings. The molecule has 2 unspecified atom stereocenters. The second-order valence-electron chi connectivity index (χ2n) is 11.9. The van der Waals surface area contributed by atoms with Crippen LogP contribution in [0.4, 0.5) is 0 Å². The van der Waals surface area contributed by atoms with E-state index in [0.29, 0.717) is 32.1 Å². The summed E-state index contributed by atoms with van der Waals surface area (Å²) in [6.45, 7) is 16.1. The molecule has 32 heavy (non-hydrogen) atoms. The first-order chi connectivity index (χ1) is 14.5. The number of esters is 2. The summed E-state index contributed by atoms with van der Waals surface area (Å²) in [4.78, 5) is 30.7. The van der Waals surface area contributed by atoms with Gasteiger partial charge in [0.2, 0.25) is 0 Å². The van der Waals surface area contributed by atoms with E-state index in [0.717, 1.165) is 6.42 Å². The lowest BCUT2D eigenvalue weighted by Gasteiger charge is -2.44. The van der Waals surface area contributed by atoms with Gasteiger partial charge in [-0.2, -0.15) is 10.1 Å². The first-order valence-corrected chi connectivity index (χ1v) is 11.7. The van der Waals surface area contributed by atoms with Crippen molar-refractivity contribution in [1.82, 2.24) is 10.1 Å². The standard InChI is InChI=1S/C24H44N2O6/c1-21(2)12-10-17(15-23(5,6)25(21)29)31-19(27)14-20(28)32-18-11-13-22(3,4)26(30-9)24(7,8)16-18/h17-18,29H,10-16H2,1-9H3. The van der Waals surface area contributed by atoms with Crippen molar-refractivity contribution in [3.63, 3.8) is 0 Å². The molecule has 2 aliphatic heterocycles. The fourth-order valence-corrected chi connectivity index (χ4v) is 5.63. The second-order valence-corrected chi connectivity index (χ2v) is 11.9. The van der Waals surface area contributed by atoms with Crippen LogP contribution in [-0.4, -0.2) is 68.7 Å². The van der Waals surface area contributed by atoms with Gasteiger partial charge in [-0.1, -0.05) is 0 Å². The molecule has 2 saturated heterocycles. The van der Waals surface area contributed by atoms with E-state index in [1.807, 2.05) is 32.8 Å². The molecule has 186 valence electrons. The van der Waals surface area contributed by atoms with Gasteiger partial charge in [-0.3, -0.25) is 9.59 Å². The van der Waals surface area contributed by atoms with Gasteiger partial charge in [-0.15, -0.1) is 0 Å². The van der Waals surface area contributed by atoms with E-state index >= 15 is 0 Å². The number of hydroxylamine groups is 4. The Morgan fingerprint density at radius 1 is 0.781 bits per heavy atom. The van der Waals surface area contributed by atoms with Gasteiger partial charge < -0.3 is 19.5 Å². The highest BCUT2D eigenvalue weighted by molar-refractivity contribution is 5.91. The van der Waals surface area contributed by atoms with Gasteiger partial charge in [-0.25, -0.2) is 0 Å². The van der Waals surface area contributed by atoms with Crippen LogP contribution in [0.3, 0.4) is 0 Å². The van der Waals surface area contributed by atoms with Gasteiger partial charge in [0.1, 0.15) is 18.6 Å². The van der Waals surface area contributed by atoms with Crippen molar-refractivity contribution in [2.24, 2.45) is 0 Å². The Hall–Kier alpha value is -1.22. The van der Waals surface area contributed by atoms with Crippen LogP contribution in [0.15, 0.2) is 0 Å². The van der Waals surface area contributed by atoms with Gasteiger partial charge >= 0.3 is 11.9 Å². The van der Waals surface area contributed by atoms with Crippen molar-refractivity contribution in [2.45, 2.75) is 135 Å². The fraction of sp³-hybridized carbons (Fsp3) is 0.917. The molecule has 0 amide bonds. The molecule has 0 saturated carbocycles. The minimum absolute atomic E-state index is 0.195. The summed E-state index contributed by atoms with van der Waals surface area (Å²) in [5.74, 6) is -1.14. The number of carbonyl (C=O) groups is 2. The highest BCUT2D eigenvalue weighted by Gasteiger charge is 2.45. The third kappa shape index (κ3) is 6.43. The van der Waals surface area contributed by atoms with Crippen LogP contribution in [0.25, 0.3) is 0 Å². The summed E-state index contributed by atoms with van der Waals surface area (Å²) >= 11 is 0. The zero-order valence-corrected chi connectivity index (χ0v) is 21.5. The lowest BCUT2D eigenvalue weighted by molar-refractivity contribution is -0.247. The van der Waals surface area contributed by atoms with E-state index < -0.39 is 29.4 Å². The molecule has 8 nitrogen and oxygen atoms in total. The molecule has 0 aliphatic carbocycles. The number of hydrogen-bond donors (Lipinski definition) is 1. The normalized spacial score (nSPS) is 30.1. The Morgan fingerprint density at radius 2 is 1.22 bits per heavy atom. The summed E-state index contributed by atoms with van der Waals surface area (Å²) in [5, 5.41) is 13.9. The molecule has 2 rings (SSSR count). The van der Waals surface area contributed by atoms with Crippen molar-refractivity contribution >= 4 is 11.9 Å². The summed E-state index contributed by atoms with van der Waals surface area (Å²) in [7, 11) is 1.66. The lowest BCUT2D eigenvalue weighted by atomic mass is 9.95. The summed E-state index contributed by atoms with van der Waals surface area (Å²) in [6.07, 6.45) is 2.88. The predicted octanol–water partition coefficient (Wildman–Crippen LogP) is 4.24. The van der Waals surface area contributed by atoms with Gasteiger partial charge in [0.25, 0.3) is 0 Å². The molecule has 0 radical (unpaired) electrons. The first-order valence-electron chi connectivity index (χ1n) is 11.7. The Morgan fingerprint density at radius 3 is 1.69 bits per heavy atom. The number of carbonyl (C=O) groups excluding carboxylic acids is 2. The maximum absolute atomic E-state index is 12.5. The minimum Gasteiger partial charge on any atom is -0.462 e.